The number of aromatic nitrogens is 1. The van der Waals surface area contributed by atoms with Gasteiger partial charge in [-0.3, -0.25) is 4.79 Å². The SMILES string of the molecule is CC(C)(C)OC(=O)N[C@@H](Cc1cccs1)C(=O)N1CCN(c2nc3ccc(Br)cc3s2)CC1. The van der Waals surface area contributed by atoms with Crippen LogP contribution < -0.4 is 10.2 Å². The highest BCUT2D eigenvalue weighted by atomic mass is 79.9. The standard InChI is InChI=1S/C23H27BrN4O3S2/c1-23(2,3)31-22(30)26-18(14-16-5-4-12-32-16)20(29)27-8-10-28(11-9-27)21-25-17-7-6-15(24)13-19(17)33-21/h4-7,12-13,18H,8-11,14H2,1-3H3,(H,26,30)/t18-/m0/s1. The minimum absolute atomic E-state index is 0.0814. The monoisotopic (exact) mass is 550 g/mol. The van der Waals surface area contributed by atoms with E-state index >= 15 is 0 Å². The molecule has 1 aromatic carbocycles. The van der Waals surface area contributed by atoms with Gasteiger partial charge in [0.2, 0.25) is 5.91 Å². The number of nitrogens with zero attached hydrogens (tertiary/aromatic N) is 3. The maximum atomic E-state index is 13.4. The van der Waals surface area contributed by atoms with Crippen LogP contribution in [0.15, 0.2) is 40.2 Å². The first kappa shape index (κ1) is 24.0. The molecule has 3 heterocycles. The molecule has 4 rings (SSSR count). The van der Waals surface area contributed by atoms with Gasteiger partial charge in [0.25, 0.3) is 0 Å². The first-order valence-electron chi connectivity index (χ1n) is 10.8. The second-order valence-electron chi connectivity index (χ2n) is 8.90. The molecular formula is C23H27BrN4O3S2. The number of anilines is 1. The fourth-order valence-electron chi connectivity index (χ4n) is 3.64. The van der Waals surface area contributed by atoms with Crippen molar-refractivity contribution >= 4 is 66.0 Å². The summed E-state index contributed by atoms with van der Waals surface area (Å²) in [5.74, 6) is -0.0814. The molecule has 1 fully saturated rings. The van der Waals surface area contributed by atoms with Crippen molar-refractivity contribution in [1.82, 2.24) is 15.2 Å². The van der Waals surface area contributed by atoms with Crippen molar-refractivity contribution in [3.63, 3.8) is 0 Å². The van der Waals surface area contributed by atoms with Gasteiger partial charge in [-0.25, -0.2) is 9.78 Å². The van der Waals surface area contributed by atoms with E-state index in [1.54, 1.807) is 22.7 Å². The molecule has 0 spiro atoms. The lowest BCUT2D eigenvalue weighted by Gasteiger charge is -2.36. The van der Waals surface area contributed by atoms with Crippen LogP contribution in [0.2, 0.25) is 0 Å². The van der Waals surface area contributed by atoms with Gasteiger partial charge in [0.1, 0.15) is 11.6 Å². The quantitative estimate of drug-likeness (QED) is 0.488. The molecular weight excluding hydrogens is 524 g/mol. The molecule has 1 aliphatic heterocycles. The van der Waals surface area contributed by atoms with Crippen molar-refractivity contribution in [3.8, 4) is 0 Å². The van der Waals surface area contributed by atoms with Gasteiger partial charge in [-0.1, -0.05) is 33.3 Å². The van der Waals surface area contributed by atoms with Crippen LogP contribution in [0, 0.1) is 0 Å². The van der Waals surface area contributed by atoms with E-state index in [0.29, 0.717) is 32.6 Å². The highest BCUT2D eigenvalue weighted by Crippen LogP contribution is 2.31. The Morgan fingerprint density at radius 1 is 1.21 bits per heavy atom. The molecule has 1 aliphatic rings. The normalized spacial score (nSPS) is 15.5. The lowest BCUT2D eigenvalue weighted by atomic mass is 10.1. The molecule has 0 unspecified atom stereocenters. The van der Waals surface area contributed by atoms with Gasteiger partial charge >= 0.3 is 6.09 Å². The molecule has 0 saturated carbocycles. The molecule has 7 nitrogen and oxygen atoms in total. The number of piperazine rings is 1. The average Bonchev–Trinajstić information content (AvgIpc) is 3.41. The topological polar surface area (TPSA) is 74.8 Å². The van der Waals surface area contributed by atoms with Crippen LogP contribution in [0.5, 0.6) is 0 Å². The fraction of sp³-hybridized carbons (Fsp3) is 0.435. The van der Waals surface area contributed by atoms with Gasteiger partial charge in [-0.15, -0.1) is 11.3 Å². The fourth-order valence-corrected chi connectivity index (χ4v) is 5.96. The third-order valence-electron chi connectivity index (χ3n) is 5.18. The molecule has 3 aromatic rings. The van der Waals surface area contributed by atoms with Gasteiger partial charge in [0, 0.05) is 41.9 Å². The minimum Gasteiger partial charge on any atom is -0.444 e. The predicted octanol–water partition coefficient (Wildman–Crippen LogP) is 4.90. The van der Waals surface area contributed by atoms with E-state index in [0.717, 1.165) is 24.7 Å². The van der Waals surface area contributed by atoms with E-state index in [-0.39, 0.29) is 5.91 Å². The first-order chi connectivity index (χ1) is 15.7. The lowest BCUT2D eigenvalue weighted by Crippen LogP contribution is -2.56. The van der Waals surface area contributed by atoms with Crippen LogP contribution >= 0.6 is 38.6 Å². The van der Waals surface area contributed by atoms with E-state index in [2.05, 4.69) is 32.2 Å². The van der Waals surface area contributed by atoms with Crippen molar-refractivity contribution in [2.24, 2.45) is 0 Å². The number of hydrogen-bond acceptors (Lipinski definition) is 7. The Morgan fingerprint density at radius 2 is 1.97 bits per heavy atom. The highest BCUT2D eigenvalue weighted by Gasteiger charge is 2.31. The second-order valence-corrected chi connectivity index (χ2v) is 11.9. The number of benzene rings is 1. The minimum atomic E-state index is -0.662. The highest BCUT2D eigenvalue weighted by molar-refractivity contribution is 9.10. The molecule has 10 heteroatoms. The Kier molecular flexibility index (Phi) is 7.25. The predicted molar refractivity (Wildman–Crippen MR) is 137 cm³/mol. The number of carbonyl (C=O) groups is 2. The number of nitrogens with one attached hydrogen (secondary N) is 1. The maximum absolute atomic E-state index is 13.4. The molecule has 1 N–H and O–H groups in total. The number of ether oxygens (including phenoxy) is 1. The largest absolute Gasteiger partial charge is 0.444 e. The van der Waals surface area contributed by atoms with E-state index in [9.17, 15) is 9.59 Å². The zero-order valence-electron chi connectivity index (χ0n) is 18.8. The molecule has 1 atom stereocenters. The van der Waals surface area contributed by atoms with E-state index in [1.807, 2.05) is 55.3 Å². The van der Waals surface area contributed by atoms with Crippen molar-refractivity contribution < 1.29 is 14.3 Å². The number of amides is 2. The first-order valence-corrected chi connectivity index (χ1v) is 13.3. The number of thiophene rings is 1. The molecule has 33 heavy (non-hydrogen) atoms. The molecule has 0 radical (unpaired) electrons. The zero-order valence-corrected chi connectivity index (χ0v) is 22.1. The van der Waals surface area contributed by atoms with Gasteiger partial charge in [0.15, 0.2) is 5.13 Å². The molecule has 1 saturated heterocycles. The average molecular weight is 552 g/mol. The van der Waals surface area contributed by atoms with Gasteiger partial charge in [-0.05, 0) is 50.4 Å². The Labute approximate surface area is 209 Å². The Hall–Kier alpha value is -2.17. The Bertz CT molecular complexity index is 1120. The third-order valence-corrected chi connectivity index (χ3v) is 7.65. The molecule has 2 amide bonds. The summed E-state index contributed by atoms with van der Waals surface area (Å²) in [6.45, 7) is 7.98. The summed E-state index contributed by atoms with van der Waals surface area (Å²) in [6.07, 6.45) is -0.125. The Balaban J connectivity index is 1.41. The van der Waals surface area contributed by atoms with Crippen LogP contribution in [-0.4, -0.2) is 59.7 Å². The maximum Gasteiger partial charge on any atom is 0.408 e. The summed E-state index contributed by atoms with van der Waals surface area (Å²) in [6, 6.07) is 9.35. The van der Waals surface area contributed by atoms with E-state index in [1.165, 1.54) is 0 Å². The van der Waals surface area contributed by atoms with Crippen molar-refractivity contribution in [2.45, 2.75) is 38.8 Å². The van der Waals surface area contributed by atoms with Crippen LogP contribution in [0.1, 0.15) is 25.6 Å². The van der Waals surface area contributed by atoms with Crippen molar-refractivity contribution in [1.29, 1.82) is 0 Å². The van der Waals surface area contributed by atoms with E-state index < -0.39 is 17.7 Å². The second kappa shape index (κ2) is 9.99. The van der Waals surface area contributed by atoms with Crippen molar-refractivity contribution in [3.05, 3.63) is 45.1 Å². The summed E-state index contributed by atoms with van der Waals surface area (Å²) in [5, 5.41) is 5.74. The van der Waals surface area contributed by atoms with Gasteiger partial charge in [-0.2, -0.15) is 0 Å². The molecule has 176 valence electrons. The lowest BCUT2D eigenvalue weighted by molar-refractivity contribution is -0.133. The number of alkyl carbamates (subject to hydrolysis) is 1. The summed E-state index contributed by atoms with van der Waals surface area (Å²) < 4.78 is 7.57. The van der Waals surface area contributed by atoms with E-state index in [4.69, 9.17) is 9.72 Å². The van der Waals surface area contributed by atoms with Crippen LogP contribution in [0.25, 0.3) is 10.2 Å². The molecule has 0 bridgehead atoms. The molecule has 0 aliphatic carbocycles. The summed E-state index contributed by atoms with van der Waals surface area (Å²) >= 11 is 6.75. The number of thiazole rings is 1. The van der Waals surface area contributed by atoms with Gasteiger partial charge < -0.3 is 19.9 Å². The number of hydrogen-bond donors (Lipinski definition) is 1. The summed E-state index contributed by atoms with van der Waals surface area (Å²) in [7, 11) is 0. The summed E-state index contributed by atoms with van der Waals surface area (Å²) in [5.41, 5.74) is 0.355. The van der Waals surface area contributed by atoms with Crippen molar-refractivity contribution in [2.75, 3.05) is 31.1 Å². The third kappa shape index (κ3) is 6.24. The molecule has 2 aromatic heterocycles. The number of halogens is 1. The van der Waals surface area contributed by atoms with Crippen LogP contribution in [0.4, 0.5) is 9.93 Å². The van der Waals surface area contributed by atoms with Crippen LogP contribution in [-0.2, 0) is 16.0 Å². The number of rotatable bonds is 5. The summed E-state index contributed by atoms with van der Waals surface area (Å²) in [4.78, 5) is 35.6. The van der Waals surface area contributed by atoms with Gasteiger partial charge in [0.05, 0.1) is 10.2 Å². The van der Waals surface area contributed by atoms with Crippen LogP contribution in [0.3, 0.4) is 0 Å². The Morgan fingerprint density at radius 3 is 2.64 bits per heavy atom. The smallest absolute Gasteiger partial charge is 0.408 e. The zero-order chi connectivity index (χ0) is 23.6. The number of fused-ring (bicyclic) bond motifs is 1. The number of carbonyl (C=O) groups excluding carboxylic acids is 2.